The lowest BCUT2D eigenvalue weighted by Crippen LogP contribution is -2.23. The van der Waals surface area contributed by atoms with Gasteiger partial charge in [-0.15, -0.1) is 0 Å². The Morgan fingerprint density at radius 1 is 1.03 bits per heavy atom. The van der Waals surface area contributed by atoms with Gasteiger partial charge in [-0.3, -0.25) is 4.57 Å². The fraction of sp³-hybridized carbons (Fsp3) is 0.192. The van der Waals surface area contributed by atoms with Crippen LogP contribution in [0.3, 0.4) is 0 Å². The van der Waals surface area contributed by atoms with Gasteiger partial charge in [0.1, 0.15) is 17.4 Å². The van der Waals surface area contributed by atoms with Crippen molar-refractivity contribution in [3.8, 4) is 11.4 Å². The standard InChI is InChI=1S/C26H22Cl2F2N2O3S2/c1-26(2,15-4-9-20(27)23(10-15)35-3)24-13-31-25(32(24)17-7-5-16(29)6-8-17)36-14-19-21(28)11-18(37(33)34)12-22(19)30/h4-13,37H,14H2,1-3H3. The number of benzene rings is 3. The maximum Gasteiger partial charge on any atom is 0.173 e. The minimum atomic E-state index is -2.97. The van der Waals surface area contributed by atoms with Gasteiger partial charge < -0.3 is 4.74 Å². The number of imidazole rings is 1. The zero-order valence-corrected chi connectivity index (χ0v) is 23.2. The van der Waals surface area contributed by atoms with Gasteiger partial charge in [0.15, 0.2) is 15.9 Å². The summed E-state index contributed by atoms with van der Waals surface area (Å²) in [4.78, 5) is 4.41. The molecule has 0 radical (unpaired) electrons. The molecule has 0 aliphatic rings. The van der Waals surface area contributed by atoms with Gasteiger partial charge in [0, 0.05) is 27.4 Å². The molecule has 4 aromatic rings. The molecule has 0 bridgehead atoms. The smallest absolute Gasteiger partial charge is 0.173 e. The topological polar surface area (TPSA) is 61.2 Å². The number of nitrogens with zero attached hydrogens (tertiary/aromatic N) is 2. The Morgan fingerprint density at radius 2 is 1.73 bits per heavy atom. The molecule has 5 nitrogen and oxygen atoms in total. The number of hydrogen-bond acceptors (Lipinski definition) is 5. The number of ether oxygens (including phenoxy) is 1. The summed E-state index contributed by atoms with van der Waals surface area (Å²) >= 11 is 13.7. The van der Waals surface area contributed by atoms with Crippen LogP contribution < -0.4 is 4.74 Å². The van der Waals surface area contributed by atoms with E-state index in [0.717, 1.165) is 17.3 Å². The molecule has 0 amide bonds. The summed E-state index contributed by atoms with van der Waals surface area (Å²) < 4.78 is 58.2. The highest BCUT2D eigenvalue weighted by Crippen LogP contribution is 2.39. The maximum absolute atomic E-state index is 14.7. The third-order valence-corrected chi connectivity index (χ3v) is 8.32. The molecule has 0 spiro atoms. The highest BCUT2D eigenvalue weighted by Gasteiger charge is 2.30. The third kappa shape index (κ3) is 5.65. The molecule has 0 fully saturated rings. The number of thiol groups is 1. The molecule has 4 rings (SSSR count). The molecule has 0 saturated heterocycles. The summed E-state index contributed by atoms with van der Waals surface area (Å²) in [5.74, 6) is -0.481. The van der Waals surface area contributed by atoms with E-state index in [1.807, 2.05) is 30.5 Å². The Balaban J connectivity index is 1.78. The van der Waals surface area contributed by atoms with Crippen LogP contribution >= 0.6 is 35.0 Å². The zero-order chi connectivity index (χ0) is 26.9. The van der Waals surface area contributed by atoms with Gasteiger partial charge in [-0.2, -0.15) is 0 Å². The van der Waals surface area contributed by atoms with Gasteiger partial charge in [0.05, 0.1) is 28.9 Å². The van der Waals surface area contributed by atoms with Gasteiger partial charge in [0.2, 0.25) is 0 Å². The van der Waals surface area contributed by atoms with Crippen molar-refractivity contribution in [1.29, 1.82) is 0 Å². The summed E-state index contributed by atoms with van der Waals surface area (Å²) in [6.45, 7) is 4.03. The first-order valence-corrected chi connectivity index (χ1v) is 13.9. The van der Waals surface area contributed by atoms with Crippen molar-refractivity contribution in [2.24, 2.45) is 0 Å². The first kappa shape index (κ1) is 27.4. The van der Waals surface area contributed by atoms with E-state index < -0.39 is 21.9 Å². The van der Waals surface area contributed by atoms with Crippen LogP contribution in [0.4, 0.5) is 8.78 Å². The Bertz CT molecular complexity index is 1510. The molecule has 0 saturated carbocycles. The minimum absolute atomic E-state index is 0.00963. The van der Waals surface area contributed by atoms with Gasteiger partial charge in [-0.25, -0.2) is 22.2 Å². The molecule has 0 aliphatic carbocycles. The zero-order valence-electron chi connectivity index (χ0n) is 20.0. The van der Waals surface area contributed by atoms with Crippen LogP contribution in [0.25, 0.3) is 5.69 Å². The Morgan fingerprint density at radius 3 is 2.35 bits per heavy atom. The molecule has 37 heavy (non-hydrogen) atoms. The van der Waals surface area contributed by atoms with E-state index in [9.17, 15) is 17.2 Å². The predicted octanol–water partition coefficient (Wildman–Crippen LogP) is 7.05. The van der Waals surface area contributed by atoms with E-state index in [2.05, 4.69) is 4.98 Å². The van der Waals surface area contributed by atoms with Crippen LogP contribution in [0.2, 0.25) is 10.0 Å². The SMILES string of the molecule is COc1cc(C(C)(C)c2cnc(SCc3c(F)cc([SH](=O)=O)cc3Cl)n2-c2ccc(F)cc2)ccc1Cl. The van der Waals surface area contributed by atoms with Crippen LogP contribution in [-0.4, -0.2) is 25.1 Å². The third-order valence-electron chi connectivity index (χ3n) is 6.01. The van der Waals surface area contributed by atoms with Crippen LogP contribution in [0.15, 0.2) is 70.8 Å². The summed E-state index contributed by atoms with van der Waals surface area (Å²) in [5, 5.41) is 1.01. The Labute approximate surface area is 229 Å². The number of aromatic nitrogens is 2. The van der Waals surface area contributed by atoms with Gasteiger partial charge in [-0.05, 0) is 54.1 Å². The van der Waals surface area contributed by atoms with E-state index in [4.69, 9.17) is 27.9 Å². The number of hydrogen-bond donors (Lipinski definition) is 1. The normalized spacial score (nSPS) is 11.8. The molecule has 0 atom stereocenters. The van der Waals surface area contributed by atoms with Gasteiger partial charge in [0.25, 0.3) is 0 Å². The number of rotatable bonds is 8. The fourth-order valence-electron chi connectivity index (χ4n) is 3.88. The van der Waals surface area contributed by atoms with Crippen LogP contribution in [0.5, 0.6) is 5.75 Å². The van der Waals surface area contributed by atoms with Crippen molar-refractivity contribution in [3.05, 3.63) is 99.3 Å². The predicted molar refractivity (Wildman–Crippen MR) is 143 cm³/mol. The Hall–Kier alpha value is -2.59. The molecule has 0 unspecified atom stereocenters. The Kier molecular flexibility index (Phi) is 8.18. The summed E-state index contributed by atoms with van der Waals surface area (Å²) in [5.41, 5.74) is 1.92. The highest BCUT2D eigenvalue weighted by molar-refractivity contribution is 7.98. The molecule has 194 valence electrons. The molecule has 0 N–H and O–H groups in total. The second-order valence-corrected chi connectivity index (χ2v) is 11.4. The molecule has 11 heteroatoms. The fourth-order valence-corrected chi connectivity index (χ4v) is 5.99. The maximum atomic E-state index is 14.7. The van der Waals surface area contributed by atoms with Crippen LogP contribution in [0, 0.1) is 11.6 Å². The van der Waals surface area contributed by atoms with Crippen molar-refractivity contribution < 1.29 is 21.9 Å². The van der Waals surface area contributed by atoms with E-state index in [0.29, 0.717) is 21.6 Å². The van der Waals surface area contributed by atoms with Gasteiger partial charge in [-0.1, -0.05) is 54.9 Å². The molecule has 1 aromatic heterocycles. The van der Waals surface area contributed by atoms with Crippen LogP contribution in [-0.2, 0) is 21.9 Å². The van der Waals surface area contributed by atoms with Crippen molar-refractivity contribution >= 4 is 45.7 Å². The first-order valence-electron chi connectivity index (χ1n) is 11.0. The van der Waals surface area contributed by atoms with Crippen molar-refractivity contribution in [2.45, 2.75) is 35.1 Å². The number of halogens is 4. The quantitative estimate of drug-likeness (QED) is 0.178. The average molecular weight is 584 g/mol. The van der Waals surface area contributed by atoms with Crippen molar-refractivity contribution in [1.82, 2.24) is 9.55 Å². The van der Waals surface area contributed by atoms with Crippen LogP contribution in [0.1, 0.15) is 30.7 Å². The molecular weight excluding hydrogens is 561 g/mol. The van der Waals surface area contributed by atoms with Gasteiger partial charge >= 0.3 is 0 Å². The van der Waals surface area contributed by atoms with Crippen molar-refractivity contribution in [2.75, 3.05) is 7.11 Å². The second kappa shape index (κ2) is 11.0. The van der Waals surface area contributed by atoms with E-state index >= 15 is 0 Å². The molecule has 3 aromatic carbocycles. The first-order chi connectivity index (χ1) is 17.5. The highest BCUT2D eigenvalue weighted by atomic mass is 35.5. The lowest BCUT2D eigenvalue weighted by atomic mass is 9.81. The van der Waals surface area contributed by atoms with E-state index in [1.54, 1.807) is 31.5 Å². The largest absolute Gasteiger partial charge is 0.495 e. The van der Waals surface area contributed by atoms with E-state index in [-0.39, 0.29) is 27.1 Å². The molecule has 1 heterocycles. The molecular formula is C26H22Cl2F2N2O3S2. The summed E-state index contributed by atoms with van der Waals surface area (Å²) in [7, 11) is -1.42. The summed E-state index contributed by atoms with van der Waals surface area (Å²) in [6.07, 6.45) is 1.72. The second-order valence-electron chi connectivity index (χ2n) is 8.65. The summed E-state index contributed by atoms with van der Waals surface area (Å²) in [6, 6.07) is 13.7. The monoisotopic (exact) mass is 582 g/mol. The molecule has 0 aliphatic heterocycles. The number of methoxy groups -OCH3 is 1. The average Bonchev–Trinajstić information content (AvgIpc) is 3.28. The lowest BCUT2D eigenvalue weighted by molar-refractivity contribution is 0.413. The van der Waals surface area contributed by atoms with Crippen molar-refractivity contribution in [3.63, 3.8) is 0 Å². The van der Waals surface area contributed by atoms with E-state index in [1.165, 1.54) is 30.0 Å². The minimum Gasteiger partial charge on any atom is -0.495 e. The lowest BCUT2D eigenvalue weighted by Gasteiger charge is -2.28. The number of thioether (sulfide) groups is 1.